The summed E-state index contributed by atoms with van der Waals surface area (Å²) in [5, 5.41) is 2.49. The monoisotopic (exact) mass is 429 g/mol. The molecule has 0 aliphatic carbocycles. The van der Waals surface area contributed by atoms with Gasteiger partial charge in [-0.25, -0.2) is 14.2 Å². The van der Waals surface area contributed by atoms with Crippen molar-refractivity contribution in [2.24, 2.45) is 4.99 Å². The van der Waals surface area contributed by atoms with Gasteiger partial charge in [0.2, 0.25) is 11.8 Å². The number of rotatable bonds is 6. The van der Waals surface area contributed by atoms with Crippen LogP contribution in [0.5, 0.6) is 0 Å². The number of carbonyl (C=O) groups excluding carboxylic acids is 3. The zero-order chi connectivity index (χ0) is 21.7. The van der Waals surface area contributed by atoms with E-state index in [0.717, 1.165) is 11.8 Å². The average molecular weight is 429 g/mol. The molecule has 3 rings (SSSR count). The average Bonchev–Trinajstić information content (AvgIpc) is 2.96. The zero-order valence-corrected chi connectivity index (χ0v) is 17.2. The summed E-state index contributed by atoms with van der Waals surface area (Å²) in [5.74, 6) is -1.44. The molecule has 2 amide bonds. The number of carbonyl (C=O) groups is 3. The van der Waals surface area contributed by atoms with E-state index in [-0.39, 0.29) is 24.8 Å². The lowest BCUT2D eigenvalue weighted by Gasteiger charge is -2.09. The highest BCUT2D eigenvalue weighted by Crippen LogP contribution is 2.31. The Balaban J connectivity index is 1.61. The number of hydrogen-bond donors (Lipinski definition) is 1. The van der Waals surface area contributed by atoms with Gasteiger partial charge in [-0.2, -0.15) is 0 Å². The van der Waals surface area contributed by atoms with Crippen LogP contribution < -0.4 is 5.32 Å². The number of esters is 1. The number of nitrogens with one attached hydrogen (secondary N) is 1. The Morgan fingerprint density at radius 1 is 1.23 bits per heavy atom. The summed E-state index contributed by atoms with van der Waals surface area (Å²) >= 11 is 1.16. The smallest absolute Gasteiger partial charge is 0.338 e. The van der Waals surface area contributed by atoms with Gasteiger partial charge in [-0.1, -0.05) is 17.8 Å². The van der Waals surface area contributed by atoms with E-state index in [1.165, 1.54) is 23.1 Å². The number of amidine groups is 1. The van der Waals surface area contributed by atoms with Gasteiger partial charge in [-0.3, -0.25) is 14.5 Å². The number of anilines is 1. The lowest BCUT2D eigenvalue weighted by molar-refractivity contribution is -0.127. The van der Waals surface area contributed by atoms with Crippen molar-refractivity contribution in [2.45, 2.75) is 18.6 Å². The fraction of sp³-hybridized carbons (Fsp3) is 0.238. The molecule has 2 aromatic carbocycles. The Labute approximate surface area is 177 Å². The molecule has 0 radical (unpaired) electrons. The SMILES string of the molecule is CCOC(=O)c1ccc(NC(=O)C[C@@H]2SC(=Nc3cccc(F)c3)N(C)C2=O)cc1. The molecule has 0 saturated carbocycles. The van der Waals surface area contributed by atoms with Crippen molar-refractivity contribution in [3.05, 3.63) is 59.9 Å². The number of nitrogens with zero attached hydrogens (tertiary/aromatic N) is 2. The van der Waals surface area contributed by atoms with Gasteiger partial charge >= 0.3 is 5.97 Å². The minimum absolute atomic E-state index is 0.0460. The summed E-state index contributed by atoms with van der Waals surface area (Å²) in [6, 6.07) is 12.1. The van der Waals surface area contributed by atoms with Crippen LogP contribution in [0.25, 0.3) is 0 Å². The minimum atomic E-state index is -0.624. The van der Waals surface area contributed by atoms with Gasteiger partial charge in [0.25, 0.3) is 0 Å². The highest BCUT2D eigenvalue weighted by Gasteiger charge is 2.37. The topological polar surface area (TPSA) is 88.1 Å². The summed E-state index contributed by atoms with van der Waals surface area (Å²) in [6.07, 6.45) is -0.0460. The number of thioether (sulfide) groups is 1. The predicted octanol–water partition coefficient (Wildman–Crippen LogP) is 3.59. The number of halogens is 1. The number of amides is 2. The van der Waals surface area contributed by atoms with Crippen LogP contribution in [0.3, 0.4) is 0 Å². The quantitative estimate of drug-likeness (QED) is 0.709. The second-order valence-electron chi connectivity index (χ2n) is 6.43. The van der Waals surface area contributed by atoms with Crippen LogP contribution >= 0.6 is 11.8 Å². The van der Waals surface area contributed by atoms with Crippen LogP contribution in [0, 0.1) is 5.82 Å². The number of benzene rings is 2. The van der Waals surface area contributed by atoms with Crippen LogP contribution in [0.2, 0.25) is 0 Å². The fourth-order valence-electron chi connectivity index (χ4n) is 2.74. The molecule has 156 valence electrons. The molecule has 0 unspecified atom stereocenters. The van der Waals surface area contributed by atoms with Gasteiger partial charge in [0.15, 0.2) is 5.17 Å². The van der Waals surface area contributed by atoms with E-state index in [4.69, 9.17) is 4.74 Å². The Morgan fingerprint density at radius 2 is 1.97 bits per heavy atom. The first-order valence-electron chi connectivity index (χ1n) is 9.23. The summed E-state index contributed by atoms with van der Waals surface area (Å²) in [4.78, 5) is 42.2. The molecule has 1 heterocycles. The molecule has 1 aliphatic heterocycles. The van der Waals surface area contributed by atoms with E-state index in [2.05, 4.69) is 10.3 Å². The summed E-state index contributed by atoms with van der Waals surface area (Å²) in [6.45, 7) is 2.00. The first kappa shape index (κ1) is 21.5. The van der Waals surface area contributed by atoms with E-state index < -0.39 is 17.0 Å². The highest BCUT2D eigenvalue weighted by atomic mass is 32.2. The van der Waals surface area contributed by atoms with Crippen molar-refractivity contribution >= 4 is 46.1 Å². The van der Waals surface area contributed by atoms with Gasteiger partial charge in [0, 0.05) is 19.2 Å². The number of aliphatic imine (C=N–C) groups is 1. The third-order valence-electron chi connectivity index (χ3n) is 4.22. The normalized spacial score (nSPS) is 17.3. The number of ether oxygens (including phenoxy) is 1. The third-order valence-corrected chi connectivity index (χ3v) is 5.45. The van der Waals surface area contributed by atoms with Gasteiger partial charge in [0.1, 0.15) is 11.1 Å². The van der Waals surface area contributed by atoms with Crippen molar-refractivity contribution in [3.8, 4) is 0 Å². The maximum absolute atomic E-state index is 13.3. The van der Waals surface area contributed by atoms with E-state index >= 15 is 0 Å². The number of hydrogen-bond acceptors (Lipinski definition) is 6. The molecule has 0 aromatic heterocycles. The fourth-order valence-corrected chi connectivity index (χ4v) is 3.89. The van der Waals surface area contributed by atoms with Crippen LogP contribution in [0.1, 0.15) is 23.7 Å². The molecule has 30 heavy (non-hydrogen) atoms. The van der Waals surface area contributed by atoms with Gasteiger partial charge < -0.3 is 10.1 Å². The van der Waals surface area contributed by atoms with Crippen LogP contribution in [-0.2, 0) is 14.3 Å². The summed E-state index contributed by atoms with van der Waals surface area (Å²) in [7, 11) is 1.57. The molecule has 1 saturated heterocycles. The lowest BCUT2D eigenvalue weighted by Crippen LogP contribution is -2.30. The second kappa shape index (κ2) is 9.53. The Hall–Kier alpha value is -3.20. The van der Waals surface area contributed by atoms with Crippen molar-refractivity contribution in [1.82, 2.24) is 4.90 Å². The van der Waals surface area contributed by atoms with E-state index in [0.29, 0.717) is 22.1 Å². The zero-order valence-electron chi connectivity index (χ0n) is 16.4. The maximum Gasteiger partial charge on any atom is 0.338 e. The van der Waals surface area contributed by atoms with Crippen LogP contribution in [0.15, 0.2) is 53.5 Å². The summed E-state index contributed by atoms with van der Waals surface area (Å²) < 4.78 is 18.3. The van der Waals surface area contributed by atoms with E-state index in [1.54, 1.807) is 44.3 Å². The lowest BCUT2D eigenvalue weighted by atomic mass is 10.2. The van der Waals surface area contributed by atoms with Crippen LogP contribution in [-0.4, -0.2) is 46.8 Å². The molecular formula is C21H20FN3O4S. The van der Waals surface area contributed by atoms with Crippen molar-refractivity contribution in [2.75, 3.05) is 19.0 Å². The molecule has 1 N–H and O–H groups in total. The molecule has 9 heteroatoms. The van der Waals surface area contributed by atoms with Crippen LogP contribution in [0.4, 0.5) is 15.8 Å². The molecule has 0 bridgehead atoms. The molecular weight excluding hydrogens is 409 g/mol. The second-order valence-corrected chi connectivity index (χ2v) is 7.60. The third kappa shape index (κ3) is 5.24. The minimum Gasteiger partial charge on any atom is -0.462 e. The first-order valence-corrected chi connectivity index (χ1v) is 10.1. The van der Waals surface area contributed by atoms with Gasteiger partial charge in [0.05, 0.1) is 17.9 Å². The Morgan fingerprint density at radius 3 is 2.63 bits per heavy atom. The molecule has 1 atom stereocenters. The molecule has 1 fully saturated rings. The molecule has 1 aliphatic rings. The molecule has 7 nitrogen and oxygen atoms in total. The van der Waals surface area contributed by atoms with E-state index in [9.17, 15) is 18.8 Å². The Kier molecular flexibility index (Phi) is 6.83. The maximum atomic E-state index is 13.3. The van der Waals surface area contributed by atoms with Crippen molar-refractivity contribution in [1.29, 1.82) is 0 Å². The largest absolute Gasteiger partial charge is 0.462 e. The molecule has 2 aromatic rings. The highest BCUT2D eigenvalue weighted by molar-refractivity contribution is 8.15. The van der Waals surface area contributed by atoms with Gasteiger partial charge in [-0.15, -0.1) is 0 Å². The standard InChI is InChI=1S/C21H20FN3O4S/c1-3-29-20(28)13-7-9-15(10-8-13)23-18(26)12-17-19(27)25(2)21(30-17)24-16-6-4-5-14(22)11-16/h4-11,17H,3,12H2,1-2H3,(H,23,26)/t17-/m0/s1. The van der Waals surface area contributed by atoms with Gasteiger partial charge in [-0.05, 0) is 49.4 Å². The van der Waals surface area contributed by atoms with Crippen molar-refractivity contribution in [3.63, 3.8) is 0 Å². The molecule has 0 spiro atoms. The predicted molar refractivity (Wildman–Crippen MR) is 113 cm³/mol. The van der Waals surface area contributed by atoms with Crippen molar-refractivity contribution < 1.29 is 23.5 Å². The summed E-state index contributed by atoms with van der Waals surface area (Å²) in [5.41, 5.74) is 1.28. The Bertz CT molecular complexity index is 994. The first-order chi connectivity index (χ1) is 14.4. The van der Waals surface area contributed by atoms with E-state index in [1.807, 2.05) is 0 Å².